The number of fused-ring (bicyclic) bond motifs is 1. The maximum atomic E-state index is 12.8. The summed E-state index contributed by atoms with van der Waals surface area (Å²) in [6, 6.07) is 12.0. The minimum Gasteiger partial charge on any atom is -0.355 e. The van der Waals surface area contributed by atoms with Crippen molar-refractivity contribution in [2.24, 2.45) is 0 Å². The van der Waals surface area contributed by atoms with Crippen molar-refractivity contribution < 1.29 is 4.79 Å². The first-order chi connectivity index (χ1) is 13.6. The largest absolute Gasteiger partial charge is 0.355 e. The van der Waals surface area contributed by atoms with E-state index >= 15 is 0 Å². The van der Waals surface area contributed by atoms with Crippen LogP contribution in [0.25, 0.3) is 10.2 Å². The molecule has 0 bridgehead atoms. The van der Waals surface area contributed by atoms with Gasteiger partial charge in [0, 0.05) is 18.0 Å². The predicted octanol–water partition coefficient (Wildman–Crippen LogP) is 3.66. The highest BCUT2D eigenvalue weighted by molar-refractivity contribution is 7.99. The number of allylic oxidation sites excluding steroid dienone is 1. The van der Waals surface area contributed by atoms with Gasteiger partial charge in [-0.05, 0) is 24.5 Å². The van der Waals surface area contributed by atoms with Crippen molar-refractivity contribution in [2.45, 2.75) is 31.5 Å². The first-order valence-corrected chi connectivity index (χ1v) is 11.0. The fourth-order valence-electron chi connectivity index (χ4n) is 2.79. The van der Waals surface area contributed by atoms with Crippen LogP contribution in [0.2, 0.25) is 0 Å². The highest BCUT2D eigenvalue weighted by Crippen LogP contribution is 2.25. The van der Waals surface area contributed by atoms with E-state index in [1.54, 1.807) is 10.6 Å². The lowest BCUT2D eigenvalue weighted by molar-refractivity contribution is -0.118. The molecule has 2 aromatic heterocycles. The number of hydrogen-bond donors (Lipinski definition) is 1. The smallest absolute Gasteiger partial charge is 0.263 e. The van der Waals surface area contributed by atoms with Crippen molar-refractivity contribution in [3.05, 3.63) is 69.8 Å². The Labute approximate surface area is 172 Å². The van der Waals surface area contributed by atoms with Gasteiger partial charge in [0.15, 0.2) is 5.16 Å². The molecule has 0 saturated heterocycles. The summed E-state index contributed by atoms with van der Waals surface area (Å²) in [5.74, 6) is 0.149. The van der Waals surface area contributed by atoms with Crippen LogP contribution in [-0.4, -0.2) is 27.8 Å². The molecule has 3 aromatic rings. The van der Waals surface area contributed by atoms with Gasteiger partial charge in [-0.1, -0.05) is 55.1 Å². The zero-order valence-corrected chi connectivity index (χ0v) is 17.4. The molecule has 146 valence electrons. The molecule has 0 aliphatic heterocycles. The number of aryl methyl sites for hydroxylation is 1. The van der Waals surface area contributed by atoms with Gasteiger partial charge in [-0.2, -0.15) is 0 Å². The SMILES string of the molecule is C=CCn1c(SCC(=O)NCCc2ccccc2)nc2sc(CC)cc2c1=O. The number of rotatable bonds is 9. The first-order valence-electron chi connectivity index (χ1n) is 9.20. The maximum absolute atomic E-state index is 12.8. The number of nitrogens with zero attached hydrogens (tertiary/aromatic N) is 2. The van der Waals surface area contributed by atoms with E-state index in [1.807, 2.05) is 36.4 Å². The van der Waals surface area contributed by atoms with Gasteiger partial charge < -0.3 is 5.32 Å². The number of amides is 1. The molecular formula is C21H23N3O2S2. The first kappa shape index (κ1) is 20.4. The summed E-state index contributed by atoms with van der Waals surface area (Å²) in [4.78, 5) is 31.5. The molecule has 0 saturated carbocycles. The van der Waals surface area contributed by atoms with Crippen LogP contribution in [0.3, 0.4) is 0 Å². The van der Waals surface area contributed by atoms with E-state index in [0.717, 1.165) is 22.5 Å². The molecule has 0 aliphatic rings. The third-order valence-corrected chi connectivity index (χ3v) is 6.39. The van der Waals surface area contributed by atoms with Crippen LogP contribution in [-0.2, 0) is 24.2 Å². The van der Waals surface area contributed by atoms with Crippen LogP contribution in [0, 0.1) is 0 Å². The van der Waals surface area contributed by atoms with Gasteiger partial charge in [0.1, 0.15) is 4.83 Å². The van der Waals surface area contributed by atoms with Crippen LogP contribution >= 0.6 is 23.1 Å². The molecule has 5 nitrogen and oxygen atoms in total. The fraction of sp³-hybridized carbons (Fsp3) is 0.286. The average Bonchev–Trinajstić information content (AvgIpc) is 3.13. The van der Waals surface area contributed by atoms with E-state index in [1.165, 1.54) is 28.7 Å². The summed E-state index contributed by atoms with van der Waals surface area (Å²) in [5, 5.41) is 4.12. The standard InChI is InChI=1S/C21H23N3O2S2/c1-3-12-24-20(26)17-13-16(4-2)28-19(17)23-21(24)27-14-18(25)22-11-10-15-8-6-5-7-9-15/h3,5-9,13H,1,4,10-12,14H2,2H3,(H,22,25). The van der Waals surface area contributed by atoms with Crippen molar-refractivity contribution in [3.8, 4) is 0 Å². The lowest BCUT2D eigenvalue weighted by Gasteiger charge is -2.10. The molecule has 1 aromatic carbocycles. The highest BCUT2D eigenvalue weighted by Gasteiger charge is 2.14. The van der Waals surface area contributed by atoms with E-state index in [0.29, 0.717) is 23.6 Å². The summed E-state index contributed by atoms with van der Waals surface area (Å²) in [6.45, 7) is 6.74. The molecule has 7 heteroatoms. The van der Waals surface area contributed by atoms with Crippen molar-refractivity contribution in [3.63, 3.8) is 0 Å². The lowest BCUT2D eigenvalue weighted by Crippen LogP contribution is -2.28. The molecule has 28 heavy (non-hydrogen) atoms. The summed E-state index contributed by atoms with van der Waals surface area (Å²) in [5.41, 5.74) is 1.11. The number of thiophene rings is 1. The van der Waals surface area contributed by atoms with E-state index in [4.69, 9.17) is 0 Å². The van der Waals surface area contributed by atoms with Gasteiger partial charge in [-0.3, -0.25) is 14.2 Å². The van der Waals surface area contributed by atoms with E-state index < -0.39 is 0 Å². The van der Waals surface area contributed by atoms with E-state index in [-0.39, 0.29) is 17.2 Å². The second-order valence-corrected chi connectivity index (χ2v) is 8.32. The molecule has 0 unspecified atom stereocenters. The minimum atomic E-state index is -0.0761. The Morgan fingerprint density at radius 2 is 2.14 bits per heavy atom. The Kier molecular flexibility index (Phi) is 7.06. The molecule has 0 radical (unpaired) electrons. The second kappa shape index (κ2) is 9.71. The fourth-order valence-corrected chi connectivity index (χ4v) is 4.64. The predicted molar refractivity (Wildman–Crippen MR) is 117 cm³/mol. The maximum Gasteiger partial charge on any atom is 0.263 e. The Balaban J connectivity index is 1.67. The molecule has 0 fully saturated rings. The van der Waals surface area contributed by atoms with Gasteiger partial charge in [0.05, 0.1) is 11.1 Å². The summed E-state index contributed by atoms with van der Waals surface area (Å²) < 4.78 is 1.59. The van der Waals surface area contributed by atoms with Gasteiger partial charge in [0.2, 0.25) is 5.91 Å². The lowest BCUT2D eigenvalue weighted by atomic mass is 10.1. The van der Waals surface area contributed by atoms with Crippen molar-refractivity contribution in [1.29, 1.82) is 0 Å². The molecule has 1 N–H and O–H groups in total. The number of thioether (sulfide) groups is 1. The van der Waals surface area contributed by atoms with Crippen LogP contribution in [0.15, 0.2) is 59.0 Å². The van der Waals surface area contributed by atoms with Gasteiger partial charge in [-0.15, -0.1) is 17.9 Å². The number of hydrogen-bond acceptors (Lipinski definition) is 5. The van der Waals surface area contributed by atoms with E-state index in [9.17, 15) is 9.59 Å². The van der Waals surface area contributed by atoms with Crippen LogP contribution in [0.1, 0.15) is 17.4 Å². The highest BCUT2D eigenvalue weighted by atomic mass is 32.2. The van der Waals surface area contributed by atoms with Gasteiger partial charge in [-0.25, -0.2) is 4.98 Å². The van der Waals surface area contributed by atoms with Gasteiger partial charge >= 0.3 is 0 Å². The number of benzene rings is 1. The van der Waals surface area contributed by atoms with Crippen molar-refractivity contribution in [2.75, 3.05) is 12.3 Å². The normalized spacial score (nSPS) is 10.9. The third-order valence-electron chi connectivity index (χ3n) is 4.24. The van der Waals surface area contributed by atoms with Crippen LogP contribution < -0.4 is 10.9 Å². The quantitative estimate of drug-likeness (QED) is 0.330. The summed E-state index contributed by atoms with van der Waals surface area (Å²) in [6.07, 6.45) is 3.33. The molecule has 1 amide bonds. The number of aromatic nitrogens is 2. The summed E-state index contributed by atoms with van der Waals surface area (Å²) in [7, 11) is 0. The van der Waals surface area contributed by atoms with Gasteiger partial charge in [0.25, 0.3) is 5.56 Å². The monoisotopic (exact) mass is 413 g/mol. The zero-order valence-electron chi connectivity index (χ0n) is 15.8. The third kappa shape index (κ3) is 4.91. The number of carbonyl (C=O) groups excluding carboxylic acids is 1. The molecule has 3 rings (SSSR count). The molecular weight excluding hydrogens is 390 g/mol. The Bertz CT molecular complexity index is 1030. The Morgan fingerprint density at radius 1 is 1.36 bits per heavy atom. The molecule has 0 spiro atoms. The zero-order chi connectivity index (χ0) is 19.9. The molecule has 0 aliphatic carbocycles. The summed E-state index contributed by atoms with van der Waals surface area (Å²) >= 11 is 2.82. The van der Waals surface area contributed by atoms with E-state index in [2.05, 4.69) is 23.8 Å². The second-order valence-electron chi connectivity index (χ2n) is 6.26. The molecule has 2 heterocycles. The number of nitrogens with one attached hydrogen (secondary N) is 1. The van der Waals surface area contributed by atoms with Crippen LogP contribution in [0.5, 0.6) is 0 Å². The minimum absolute atomic E-state index is 0.0687. The topological polar surface area (TPSA) is 64.0 Å². The number of carbonyl (C=O) groups is 1. The Hall–Kier alpha value is -2.38. The van der Waals surface area contributed by atoms with Crippen LogP contribution in [0.4, 0.5) is 0 Å². The Morgan fingerprint density at radius 3 is 2.86 bits per heavy atom. The van der Waals surface area contributed by atoms with Crippen molar-refractivity contribution in [1.82, 2.24) is 14.9 Å². The molecule has 0 atom stereocenters. The van der Waals surface area contributed by atoms with Crippen molar-refractivity contribution >= 4 is 39.2 Å². The average molecular weight is 414 g/mol.